The Kier molecular flexibility index (Phi) is 7.01. The van der Waals surface area contributed by atoms with Crippen molar-refractivity contribution in [2.45, 2.75) is 12.8 Å². The molecule has 32 heavy (non-hydrogen) atoms. The molecule has 1 N–H and O–H groups in total. The molecule has 0 saturated carbocycles. The smallest absolute Gasteiger partial charge is 0.292 e. The lowest BCUT2D eigenvalue weighted by Crippen LogP contribution is -2.38. The Morgan fingerprint density at radius 1 is 1.16 bits per heavy atom. The first-order chi connectivity index (χ1) is 15.6. The molecule has 0 bridgehead atoms. The third kappa shape index (κ3) is 5.64. The van der Waals surface area contributed by atoms with Gasteiger partial charge in [-0.3, -0.25) is 9.69 Å². The summed E-state index contributed by atoms with van der Waals surface area (Å²) in [4.78, 5) is 18.7. The quantitative estimate of drug-likeness (QED) is 0.600. The molecule has 0 spiro atoms. The van der Waals surface area contributed by atoms with Gasteiger partial charge < -0.3 is 9.84 Å². The molecule has 1 aliphatic rings. The van der Waals surface area contributed by atoms with E-state index in [1.807, 2.05) is 18.2 Å². The predicted molar refractivity (Wildman–Crippen MR) is 117 cm³/mol. The van der Waals surface area contributed by atoms with Gasteiger partial charge in [0, 0.05) is 19.2 Å². The Bertz CT molecular complexity index is 1080. The van der Waals surface area contributed by atoms with Crippen molar-refractivity contribution in [3.63, 3.8) is 0 Å². The van der Waals surface area contributed by atoms with E-state index in [4.69, 9.17) is 4.52 Å². The zero-order valence-electron chi connectivity index (χ0n) is 17.5. The summed E-state index contributed by atoms with van der Waals surface area (Å²) in [6, 6.07) is 13.2. The highest BCUT2D eigenvalue weighted by atomic mass is 19.1. The van der Waals surface area contributed by atoms with E-state index < -0.39 is 17.5 Å². The predicted octanol–water partition coefficient (Wildman–Crippen LogP) is 4.17. The molecule has 0 unspecified atom stereocenters. The van der Waals surface area contributed by atoms with E-state index in [-0.39, 0.29) is 17.3 Å². The maximum Gasteiger partial charge on any atom is 0.292 e. The van der Waals surface area contributed by atoms with Crippen LogP contribution < -0.4 is 5.32 Å². The van der Waals surface area contributed by atoms with Gasteiger partial charge in [-0.05, 0) is 49.5 Å². The Morgan fingerprint density at radius 3 is 2.69 bits per heavy atom. The van der Waals surface area contributed by atoms with E-state index in [1.165, 1.54) is 11.6 Å². The topological polar surface area (TPSA) is 71.3 Å². The van der Waals surface area contributed by atoms with E-state index >= 15 is 0 Å². The molecule has 6 nitrogen and oxygen atoms in total. The van der Waals surface area contributed by atoms with Gasteiger partial charge in [-0.1, -0.05) is 47.6 Å². The summed E-state index contributed by atoms with van der Waals surface area (Å²) < 4.78 is 31.9. The molecule has 2 heterocycles. The molecule has 1 aromatic heterocycles. The van der Waals surface area contributed by atoms with Crippen LogP contribution in [0.2, 0.25) is 0 Å². The van der Waals surface area contributed by atoms with Crippen molar-refractivity contribution >= 4 is 12.0 Å². The maximum absolute atomic E-state index is 13.9. The fourth-order valence-electron chi connectivity index (χ4n) is 3.68. The highest BCUT2D eigenvalue weighted by Gasteiger charge is 2.22. The summed E-state index contributed by atoms with van der Waals surface area (Å²) in [7, 11) is 0. The first-order valence-electron chi connectivity index (χ1n) is 10.6. The molecule has 166 valence electrons. The van der Waals surface area contributed by atoms with Crippen LogP contribution in [0.15, 0.2) is 59.1 Å². The molecular formula is C24H24F2N4O2. The molecule has 1 amide bonds. The Labute approximate surface area is 184 Å². The van der Waals surface area contributed by atoms with Crippen LogP contribution in [0.5, 0.6) is 0 Å². The standard InChI is InChI=1S/C24H24F2N4O2/c25-19-8-9-20(21(26)15-19)24-28-22(29-32-24)23(31)27-16-18-10-13-30(14-11-18)12-4-7-17-5-2-1-3-6-17/h1-9,15,18H,10-14,16H2,(H,27,31)/b7-4+. The molecule has 1 fully saturated rings. The van der Waals surface area contributed by atoms with Crippen molar-refractivity contribution in [2.75, 3.05) is 26.2 Å². The van der Waals surface area contributed by atoms with Gasteiger partial charge in [-0.25, -0.2) is 8.78 Å². The number of carbonyl (C=O) groups excluding carboxylic acids is 1. The van der Waals surface area contributed by atoms with E-state index in [0.717, 1.165) is 44.6 Å². The van der Waals surface area contributed by atoms with E-state index in [0.29, 0.717) is 12.5 Å². The molecule has 0 aliphatic carbocycles. The van der Waals surface area contributed by atoms with Gasteiger partial charge in [0.2, 0.25) is 0 Å². The maximum atomic E-state index is 13.9. The third-order valence-corrected chi connectivity index (χ3v) is 5.52. The average molecular weight is 438 g/mol. The Balaban J connectivity index is 1.22. The van der Waals surface area contributed by atoms with Gasteiger partial charge >= 0.3 is 0 Å². The minimum atomic E-state index is -0.828. The second-order valence-electron chi connectivity index (χ2n) is 7.81. The zero-order valence-corrected chi connectivity index (χ0v) is 17.5. The lowest BCUT2D eigenvalue weighted by molar-refractivity contribution is 0.0924. The molecule has 1 saturated heterocycles. The van der Waals surface area contributed by atoms with E-state index in [2.05, 4.69) is 44.6 Å². The molecule has 3 aromatic rings. The first-order valence-corrected chi connectivity index (χ1v) is 10.6. The lowest BCUT2D eigenvalue weighted by Gasteiger charge is -2.31. The van der Waals surface area contributed by atoms with Crippen molar-refractivity contribution in [1.29, 1.82) is 0 Å². The molecule has 8 heteroatoms. The summed E-state index contributed by atoms with van der Waals surface area (Å²) in [6.07, 6.45) is 6.27. The monoisotopic (exact) mass is 438 g/mol. The SMILES string of the molecule is O=C(NCC1CCN(C/C=C/c2ccccc2)CC1)c1noc(-c2ccc(F)cc2F)n1. The van der Waals surface area contributed by atoms with Crippen LogP contribution in [-0.4, -0.2) is 47.1 Å². The number of piperidine rings is 1. The summed E-state index contributed by atoms with van der Waals surface area (Å²) in [5.74, 6) is -1.98. The number of nitrogens with zero attached hydrogens (tertiary/aromatic N) is 3. The van der Waals surface area contributed by atoms with Gasteiger partial charge in [-0.15, -0.1) is 0 Å². The van der Waals surface area contributed by atoms with Gasteiger partial charge in [0.15, 0.2) is 0 Å². The largest absolute Gasteiger partial charge is 0.349 e. The van der Waals surface area contributed by atoms with Crippen molar-refractivity contribution in [3.05, 3.63) is 77.6 Å². The molecule has 0 atom stereocenters. The number of amides is 1. The van der Waals surface area contributed by atoms with Crippen LogP contribution in [0.1, 0.15) is 29.0 Å². The Hall–Kier alpha value is -3.39. The summed E-state index contributed by atoms with van der Waals surface area (Å²) in [5.41, 5.74) is 1.14. The van der Waals surface area contributed by atoms with Crippen LogP contribution in [0.3, 0.4) is 0 Å². The highest BCUT2D eigenvalue weighted by Crippen LogP contribution is 2.22. The number of hydrogen-bond acceptors (Lipinski definition) is 5. The molecular weight excluding hydrogens is 414 g/mol. The number of likely N-dealkylation sites (tertiary alicyclic amines) is 1. The minimum absolute atomic E-state index is 0.0494. The van der Waals surface area contributed by atoms with Gasteiger partial charge in [0.25, 0.3) is 17.6 Å². The second-order valence-corrected chi connectivity index (χ2v) is 7.81. The fourth-order valence-corrected chi connectivity index (χ4v) is 3.68. The van der Waals surface area contributed by atoms with Crippen LogP contribution in [-0.2, 0) is 0 Å². The van der Waals surface area contributed by atoms with E-state index in [1.54, 1.807) is 0 Å². The number of aromatic nitrogens is 2. The van der Waals surface area contributed by atoms with Crippen LogP contribution in [0.25, 0.3) is 17.5 Å². The summed E-state index contributed by atoms with van der Waals surface area (Å²) in [5, 5.41) is 6.44. The van der Waals surface area contributed by atoms with Crippen molar-refractivity contribution < 1.29 is 18.1 Å². The van der Waals surface area contributed by atoms with Crippen molar-refractivity contribution in [3.8, 4) is 11.5 Å². The summed E-state index contributed by atoms with van der Waals surface area (Å²) >= 11 is 0. The van der Waals surface area contributed by atoms with Crippen molar-refractivity contribution in [2.24, 2.45) is 5.92 Å². The zero-order chi connectivity index (χ0) is 22.3. The fraction of sp³-hybridized carbons (Fsp3) is 0.292. The number of rotatable bonds is 7. The van der Waals surface area contributed by atoms with Gasteiger partial charge in [0.05, 0.1) is 5.56 Å². The molecule has 1 aliphatic heterocycles. The van der Waals surface area contributed by atoms with Gasteiger partial charge in [-0.2, -0.15) is 4.98 Å². The van der Waals surface area contributed by atoms with Crippen LogP contribution in [0, 0.1) is 17.6 Å². The van der Waals surface area contributed by atoms with Crippen LogP contribution in [0.4, 0.5) is 8.78 Å². The number of carbonyl (C=O) groups is 1. The third-order valence-electron chi connectivity index (χ3n) is 5.52. The second kappa shape index (κ2) is 10.3. The van der Waals surface area contributed by atoms with E-state index in [9.17, 15) is 13.6 Å². The normalized spacial score (nSPS) is 15.3. The highest BCUT2D eigenvalue weighted by molar-refractivity contribution is 5.90. The molecule has 4 rings (SSSR count). The molecule has 0 radical (unpaired) electrons. The number of benzene rings is 2. The Morgan fingerprint density at radius 2 is 1.94 bits per heavy atom. The number of halogens is 2. The summed E-state index contributed by atoms with van der Waals surface area (Å²) in [6.45, 7) is 3.35. The first kappa shape index (κ1) is 21.8. The van der Waals surface area contributed by atoms with Crippen molar-refractivity contribution in [1.82, 2.24) is 20.4 Å². The van der Waals surface area contributed by atoms with Crippen LogP contribution >= 0.6 is 0 Å². The number of nitrogens with one attached hydrogen (secondary N) is 1. The van der Waals surface area contributed by atoms with Gasteiger partial charge in [0.1, 0.15) is 11.6 Å². The lowest BCUT2D eigenvalue weighted by atomic mass is 9.97. The number of hydrogen-bond donors (Lipinski definition) is 1. The minimum Gasteiger partial charge on any atom is -0.349 e. The average Bonchev–Trinajstić information content (AvgIpc) is 3.29. The molecule has 2 aromatic carbocycles.